The van der Waals surface area contributed by atoms with E-state index >= 15 is 8.78 Å². The number of carboxylic acid groups (broad SMARTS) is 1. The Labute approximate surface area is 313 Å². The number of carbonyl (C=O) groups is 1. The van der Waals surface area contributed by atoms with Crippen LogP contribution in [0.15, 0.2) is 73.1 Å². The van der Waals surface area contributed by atoms with Crippen LogP contribution >= 0.6 is 0 Å². The first-order valence-corrected chi connectivity index (χ1v) is 17.6. The Balaban J connectivity index is 1.17. The van der Waals surface area contributed by atoms with Gasteiger partial charge in [-0.1, -0.05) is 12.1 Å². The predicted octanol–water partition coefficient (Wildman–Crippen LogP) is 6.10. The Morgan fingerprint density at radius 2 is 1.76 bits per heavy atom. The summed E-state index contributed by atoms with van der Waals surface area (Å²) in [5.41, 5.74) is 2.63. The van der Waals surface area contributed by atoms with Crippen molar-refractivity contribution in [2.75, 3.05) is 46.6 Å². The van der Waals surface area contributed by atoms with Gasteiger partial charge in [0.15, 0.2) is 0 Å². The highest BCUT2D eigenvalue weighted by atomic mass is 19.1. The first-order valence-electron chi connectivity index (χ1n) is 17.6. The van der Waals surface area contributed by atoms with Crippen LogP contribution in [0.5, 0.6) is 5.88 Å². The first kappa shape index (κ1) is 37.2. The number of fused-ring (bicyclic) bond motifs is 1. The molecule has 4 heterocycles. The van der Waals surface area contributed by atoms with Gasteiger partial charge in [-0.25, -0.2) is 27.9 Å². The average molecular weight is 752 g/mol. The summed E-state index contributed by atoms with van der Waals surface area (Å²) in [6.07, 6.45) is 3.40. The number of benzene rings is 3. The van der Waals surface area contributed by atoms with Crippen molar-refractivity contribution in [2.45, 2.75) is 26.1 Å². The van der Waals surface area contributed by atoms with Crippen molar-refractivity contribution in [3.8, 4) is 34.3 Å². The van der Waals surface area contributed by atoms with Crippen LogP contribution in [0.3, 0.4) is 0 Å². The number of hydrogen-bond donors (Lipinski definition) is 1. The minimum atomic E-state index is -1.13. The number of pyridine rings is 1. The molecule has 0 aliphatic carbocycles. The summed E-state index contributed by atoms with van der Waals surface area (Å²) < 4.78 is 66.0. The number of aromatic nitrogens is 5. The monoisotopic (exact) mass is 751 g/mol. The molecule has 12 nitrogen and oxygen atoms in total. The molecule has 1 fully saturated rings. The van der Waals surface area contributed by atoms with E-state index in [1.165, 1.54) is 37.4 Å². The molecule has 282 valence electrons. The van der Waals surface area contributed by atoms with Crippen LogP contribution < -0.4 is 4.74 Å². The molecule has 1 aliphatic rings. The van der Waals surface area contributed by atoms with Crippen molar-refractivity contribution in [1.82, 2.24) is 29.2 Å². The third kappa shape index (κ3) is 8.36. The fraction of sp³-hybridized carbons (Fsp3) is 0.275. The Hall–Kier alpha value is -6.08. The van der Waals surface area contributed by atoms with Gasteiger partial charge in [-0.15, -0.1) is 0 Å². The lowest BCUT2D eigenvalue weighted by molar-refractivity contribution is 0.0360. The van der Waals surface area contributed by atoms with Crippen LogP contribution in [-0.2, 0) is 35.6 Å². The van der Waals surface area contributed by atoms with Crippen molar-refractivity contribution in [1.29, 1.82) is 5.26 Å². The molecule has 0 radical (unpaired) electrons. The standard InChI is InChI=1S/C40H36F3N7O5/c1-53-12-11-50-36-18-28(40(51)52)16-30(29-22-45-49(23-29)8-7-48-9-13-54-14-10-48)39(36)47-37(50)19-27-17-34(43)31(20-33(27)42)35-3-2-4-38(46-35)55-24-26-6-5-25(21-44)15-32(26)41/h2-6,15-18,20,22-23H,7-14,19,24H2,1H3,(H,51,52). The van der Waals surface area contributed by atoms with E-state index in [1.54, 1.807) is 27.6 Å². The molecule has 15 heteroatoms. The van der Waals surface area contributed by atoms with E-state index in [4.69, 9.17) is 24.5 Å². The molecule has 0 amide bonds. The summed E-state index contributed by atoms with van der Waals surface area (Å²) in [7, 11) is 1.53. The summed E-state index contributed by atoms with van der Waals surface area (Å²) in [4.78, 5) is 23.8. The van der Waals surface area contributed by atoms with Gasteiger partial charge in [0.2, 0.25) is 5.88 Å². The van der Waals surface area contributed by atoms with Crippen LogP contribution in [-0.4, -0.2) is 86.9 Å². The quantitative estimate of drug-likeness (QED) is 0.139. The Bertz CT molecular complexity index is 2400. The molecular formula is C40H36F3N7O5. The summed E-state index contributed by atoms with van der Waals surface area (Å²) in [6, 6.07) is 15.7. The van der Waals surface area contributed by atoms with Gasteiger partial charge in [0, 0.05) is 74.2 Å². The minimum absolute atomic E-state index is 0.0230. The molecule has 0 saturated carbocycles. The van der Waals surface area contributed by atoms with Crippen molar-refractivity contribution < 1.29 is 37.3 Å². The molecule has 55 heavy (non-hydrogen) atoms. The number of halogens is 3. The number of hydrogen-bond acceptors (Lipinski definition) is 9. The second-order valence-electron chi connectivity index (χ2n) is 13.0. The van der Waals surface area contributed by atoms with Gasteiger partial charge in [-0.05, 0) is 48.0 Å². The van der Waals surface area contributed by atoms with Crippen LogP contribution in [0, 0.1) is 28.8 Å². The lowest BCUT2D eigenvalue weighted by Crippen LogP contribution is -2.38. The number of methoxy groups -OCH3 is 1. The molecule has 3 aromatic carbocycles. The van der Waals surface area contributed by atoms with Crippen LogP contribution in [0.4, 0.5) is 13.2 Å². The number of ether oxygens (including phenoxy) is 3. The number of nitrogens with zero attached hydrogens (tertiary/aromatic N) is 7. The predicted molar refractivity (Wildman–Crippen MR) is 195 cm³/mol. The molecule has 1 aliphatic heterocycles. The van der Waals surface area contributed by atoms with E-state index in [0.29, 0.717) is 47.7 Å². The molecular weight excluding hydrogens is 715 g/mol. The zero-order valence-corrected chi connectivity index (χ0v) is 29.8. The molecule has 0 unspecified atom stereocenters. The summed E-state index contributed by atoms with van der Waals surface area (Å²) in [5.74, 6) is -2.74. The number of morpholine rings is 1. The largest absolute Gasteiger partial charge is 0.478 e. The molecule has 1 saturated heterocycles. The lowest BCUT2D eigenvalue weighted by Gasteiger charge is -2.26. The van der Waals surface area contributed by atoms with Crippen molar-refractivity contribution in [2.24, 2.45) is 0 Å². The highest BCUT2D eigenvalue weighted by Crippen LogP contribution is 2.33. The number of imidazole rings is 1. The molecule has 6 aromatic rings. The van der Waals surface area contributed by atoms with Gasteiger partial charge >= 0.3 is 5.97 Å². The van der Waals surface area contributed by atoms with Gasteiger partial charge in [0.25, 0.3) is 0 Å². The summed E-state index contributed by atoms with van der Waals surface area (Å²) in [6.45, 7) is 4.80. The SMILES string of the molecule is COCCn1c(Cc2cc(F)c(-c3cccc(OCc4ccc(C#N)cc4F)n3)cc2F)nc2c(-c3cnn(CCN4CCOCC4)c3)cc(C(=O)O)cc21. The van der Waals surface area contributed by atoms with E-state index in [9.17, 15) is 14.3 Å². The maximum atomic E-state index is 15.9. The summed E-state index contributed by atoms with van der Waals surface area (Å²) in [5, 5.41) is 23.6. The van der Waals surface area contributed by atoms with E-state index in [-0.39, 0.29) is 65.6 Å². The second-order valence-corrected chi connectivity index (χ2v) is 13.0. The highest BCUT2D eigenvalue weighted by molar-refractivity contribution is 6.00. The van der Waals surface area contributed by atoms with E-state index in [2.05, 4.69) is 15.0 Å². The second kappa shape index (κ2) is 16.5. The normalized spacial score (nSPS) is 13.3. The first-order chi connectivity index (χ1) is 26.7. The van der Waals surface area contributed by atoms with Crippen molar-refractivity contribution in [3.05, 3.63) is 119 Å². The number of nitriles is 1. The fourth-order valence-electron chi connectivity index (χ4n) is 6.50. The van der Waals surface area contributed by atoms with Crippen molar-refractivity contribution in [3.63, 3.8) is 0 Å². The molecule has 0 spiro atoms. The minimum Gasteiger partial charge on any atom is -0.478 e. The molecule has 7 rings (SSSR count). The summed E-state index contributed by atoms with van der Waals surface area (Å²) >= 11 is 0. The lowest BCUT2D eigenvalue weighted by atomic mass is 10.0. The highest BCUT2D eigenvalue weighted by Gasteiger charge is 2.22. The topological polar surface area (TPSA) is 141 Å². The molecule has 3 aromatic heterocycles. The van der Waals surface area contributed by atoms with Gasteiger partial charge in [-0.2, -0.15) is 10.4 Å². The molecule has 0 atom stereocenters. The fourth-order valence-corrected chi connectivity index (χ4v) is 6.50. The van der Waals surface area contributed by atoms with Crippen LogP contribution in [0.25, 0.3) is 33.4 Å². The van der Waals surface area contributed by atoms with Gasteiger partial charge < -0.3 is 23.9 Å². The molecule has 1 N–H and O–H groups in total. The van der Waals surface area contributed by atoms with Crippen LogP contribution in [0.2, 0.25) is 0 Å². The zero-order valence-electron chi connectivity index (χ0n) is 29.8. The molecule has 0 bridgehead atoms. The smallest absolute Gasteiger partial charge is 0.335 e. The third-order valence-corrected chi connectivity index (χ3v) is 9.43. The van der Waals surface area contributed by atoms with Crippen molar-refractivity contribution >= 4 is 17.0 Å². The Kier molecular flexibility index (Phi) is 11.2. The Morgan fingerprint density at radius 3 is 2.53 bits per heavy atom. The van der Waals surface area contributed by atoms with E-state index < -0.39 is 23.4 Å². The van der Waals surface area contributed by atoms with E-state index in [0.717, 1.165) is 37.8 Å². The number of aromatic carboxylic acids is 1. The van der Waals surface area contributed by atoms with Gasteiger partial charge in [0.1, 0.15) is 29.9 Å². The zero-order chi connectivity index (χ0) is 38.5. The third-order valence-electron chi connectivity index (χ3n) is 9.43. The maximum absolute atomic E-state index is 15.9. The number of carboxylic acids is 1. The van der Waals surface area contributed by atoms with E-state index in [1.807, 2.05) is 12.3 Å². The van der Waals surface area contributed by atoms with Gasteiger partial charge in [-0.3, -0.25) is 9.58 Å². The Morgan fingerprint density at radius 1 is 0.945 bits per heavy atom. The maximum Gasteiger partial charge on any atom is 0.335 e. The van der Waals surface area contributed by atoms with Gasteiger partial charge in [0.05, 0.1) is 66.5 Å². The van der Waals surface area contributed by atoms with Crippen LogP contribution in [0.1, 0.15) is 32.9 Å². The number of rotatable bonds is 14. The average Bonchev–Trinajstić information content (AvgIpc) is 3.81.